The predicted molar refractivity (Wildman–Crippen MR) is 104 cm³/mol. The molecule has 1 fully saturated rings. The number of amides is 1. The smallest absolute Gasteiger partial charge is 0.316 e. The minimum absolute atomic E-state index is 0.0343. The number of ether oxygens (including phenoxy) is 1. The molecule has 142 valence electrons. The summed E-state index contributed by atoms with van der Waals surface area (Å²) in [4.78, 5) is 23.4. The van der Waals surface area contributed by atoms with E-state index in [1.807, 2.05) is 16.7 Å². The second kappa shape index (κ2) is 9.05. The number of nitrogens with zero attached hydrogens (tertiary/aromatic N) is 3. The Bertz CT molecular complexity index is 834. The van der Waals surface area contributed by atoms with Gasteiger partial charge in [0.05, 0.1) is 5.75 Å². The van der Waals surface area contributed by atoms with E-state index >= 15 is 0 Å². The topological polar surface area (TPSA) is 86.1 Å². The van der Waals surface area contributed by atoms with E-state index in [9.17, 15) is 9.59 Å². The first-order chi connectivity index (χ1) is 13.1. The van der Waals surface area contributed by atoms with Crippen LogP contribution in [0.1, 0.15) is 12.8 Å². The number of hydrogen-bond acceptors (Lipinski definition) is 6. The van der Waals surface area contributed by atoms with Crippen molar-refractivity contribution < 1.29 is 14.3 Å². The fourth-order valence-corrected chi connectivity index (χ4v) is 3.18. The van der Waals surface area contributed by atoms with Crippen LogP contribution in [-0.2, 0) is 20.9 Å². The zero-order valence-corrected chi connectivity index (χ0v) is 16.1. The van der Waals surface area contributed by atoms with Crippen LogP contribution >= 0.6 is 23.4 Å². The van der Waals surface area contributed by atoms with E-state index in [1.54, 1.807) is 18.2 Å². The fraction of sp³-hybridized carbons (Fsp3) is 0.333. The van der Waals surface area contributed by atoms with Gasteiger partial charge in [-0.05, 0) is 37.1 Å². The average molecular weight is 407 g/mol. The van der Waals surface area contributed by atoms with E-state index in [0.29, 0.717) is 22.5 Å². The van der Waals surface area contributed by atoms with Gasteiger partial charge in [-0.3, -0.25) is 14.2 Å². The van der Waals surface area contributed by atoms with Crippen LogP contribution in [0.3, 0.4) is 0 Å². The summed E-state index contributed by atoms with van der Waals surface area (Å²) in [6.45, 7) is 3.99. The van der Waals surface area contributed by atoms with E-state index in [2.05, 4.69) is 22.1 Å². The van der Waals surface area contributed by atoms with Gasteiger partial charge in [-0.25, -0.2) is 0 Å². The summed E-state index contributed by atoms with van der Waals surface area (Å²) < 4.78 is 6.85. The van der Waals surface area contributed by atoms with Gasteiger partial charge >= 0.3 is 5.97 Å². The largest absolute Gasteiger partial charge is 0.455 e. The standard InChI is InChI=1S/C18H19ClN4O3S/c1-2-9-23-17(12-3-5-13(19)6-4-12)21-22-18(23)27-11-16(25)26-10-15(24)20-14-7-8-14/h2-6,14H,1,7-11H2,(H,20,24). The van der Waals surface area contributed by atoms with E-state index in [-0.39, 0.29) is 24.3 Å². The second-order valence-corrected chi connectivity index (χ2v) is 7.38. The van der Waals surface area contributed by atoms with Gasteiger partial charge in [-0.1, -0.05) is 29.4 Å². The lowest BCUT2D eigenvalue weighted by Crippen LogP contribution is -2.30. The first-order valence-corrected chi connectivity index (χ1v) is 9.81. The number of hydrogen-bond donors (Lipinski definition) is 1. The third kappa shape index (κ3) is 5.58. The Morgan fingerprint density at radius 3 is 2.74 bits per heavy atom. The molecule has 0 atom stereocenters. The van der Waals surface area contributed by atoms with Crippen LogP contribution < -0.4 is 5.32 Å². The Labute approximate surface area is 166 Å². The lowest BCUT2D eigenvalue weighted by molar-refractivity contribution is -0.145. The molecule has 27 heavy (non-hydrogen) atoms. The van der Waals surface area contributed by atoms with Gasteiger partial charge < -0.3 is 10.1 Å². The minimum Gasteiger partial charge on any atom is -0.455 e. The molecule has 1 amide bonds. The summed E-state index contributed by atoms with van der Waals surface area (Å²) in [5.74, 6) is -0.0545. The molecule has 1 aromatic heterocycles. The Morgan fingerprint density at radius 1 is 1.33 bits per heavy atom. The predicted octanol–water partition coefficient (Wildman–Crippen LogP) is 2.70. The first-order valence-electron chi connectivity index (χ1n) is 8.44. The van der Waals surface area contributed by atoms with Crippen LogP contribution in [0.5, 0.6) is 0 Å². The zero-order valence-electron chi connectivity index (χ0n) is 14.6. The number of halogens is 1. The van der Waals surface area contributed by atoms with Gasteiger partial charge in [0.15, 0.2) is 17.6 Å². The highest BCUT2D eigenvalue weighted by atomic mass is 35.5. The number of thioether (sulfide) groups is 1. The van der Waals surface area contributed by atoms with Crippen LogP contribution in [0, 0.1) is 0 Å². The quantitative estimate of drug-likeness (QED) is 0.391. The summed E-state index contributed by atoms with van der Waals surface area (Å²) in [5, 5.41) is 12.3. The number of carbonyl (C=O) groups excluding carboxylic acids is 2. The average Bonchev–Trinajstić information content (AvgIpc) is 3.38. The van der Waals surface area contributed by atoms with Crippen molar-refractivity contribution >= 4 is 35.2 Å². The lowest BCUT2D eigenvalue weighted by Gasteiger charge is -2.08. The molecule has 0 spiro atoms. The van der Waals surface area contributed by atoms with Crippen LogP contribution in [0.4, 0.5) is 0 Å². The number of esters is 1. The summed E-state index contributed by atoms with van der Waals surface area (Å²) in [6, 6.07) is 7.51. The number of allylic oxidation sites excluding steroid dienone is 1. The highest BCUT2D eigenvalue weighted by molar-refractivity contribution is 7.99. The van der Waals surface area contributed by atoms with Crippen molar-refractivity contribution in [2.24, 2.45) is 0 Å². The molecule has 0 radical (unpaired) electrons. The maximum atomic E-state index is 11.9. The molecule has 1 aliphatic rings. The van der Waals surface area contributed by atoms with Gasteiger partial charge in [0.2, 0.25) is 0 Å². The highest BCUT2D eigenvalue weighted by Gasteiger charge is 2.23. The molecular formula is C18H19ClN4O3S. The van der Waals surface area contributed by atoms with Gasteiger partial charge in [0.25, 0.3) is 5.91 Å². The van der Waals surface area contributed by atoms with Crippen molar-refractivity contribution in [3.05, 3.63) is 41.9 Å². The van der Waals surface area contributed by atoms with Gasteiger partial charge in [-0.15, -0.1) is 16.8 Å². The maximum Gasteiger partial charge on any atom is 0.316 e. The minimum atomic E-state index is -0.479. The number of benzene rings is 1. The van der Waals surface area contributed by atoms with E-state index in [4.69, 9.17) is 16.3 Å². The van der Waals surface area contributed by atoms with Crippen LogP contribution in [0.2, 0.25) is 5.02 Å². The third-order valence-electron chi connectivity index (χ3n) is 3.76. The molecule has 3 rings (SSSR count). The monoisotopic (exact) mass is 406 g/mol. The number of aromatic nitrogens is 3. The molecule has 1 saturated carbocycles. The van der Waals surface area contributed by atoms with Crippen molar-refractivity contribution in [3.8, 4) is 11.4 Å². The van der Waals surface area contributed by atoms with E-state index in [1.165, 1.54) is 11.8 Å². The van der Waals surface area contributed by atoms with Crippen molar-refractivity contribution in [1.29, 1.82) is 0 Å². The van der Waals surface area contributed by atoms with E-state index in [0.717, 1.165) is 18.4 Å². The first kappa shape index (κ1) is 19.4. The SMILES string of the molecule is C=CCn1c(SCC(=O)OCC(=O)NC2CC2)nnc1-c1ccc(Cl)cc1. The molecule has 0 unspecified atom stereocenters. The molecule has 7 nitrogen and oxygen atoms in total. The maximum absolute atomic E-state index is 11.9. The molecule has 2 aromatic rings. The molecule has 0 aliphatic heterocycles. The Hall–Kier alpha value is -2.32. The van der Waals surface area contributed by atoms with Crippen molar-refractivity contribution in [2.45, 2.75) is 30.6 Å². The molecule has 9 heteroatoms. The van der Waals surface area contributed by atoms with Gasteiger partial charge in [0, 0.05) is 23.2 Å². The number of carbonyl (C=O) groups is 2. The van der Waals surface area contributed by atoms with Crippen LogP contribution in [0.15, 0.2) is 42.1 Å². The van der Waals surface area contributed by atoms with Crippen molar-refractivity contribution in [1.82, 2.24) is 20.1 Å². The van der Waals surface area contributed by atoms with Crippen molar-refractivity contribution in [3.63, 3.8) is 0 Å². The molecule has 1 N–H and O–H groups in total. The van der Waals surface area contributed by atoms with Gasteiger partial charge in [-0.2, -0.15) is 0 Å². The Balaban J connectivity index is 1.58. The molecular weight excluding hydrogens is 388 g/mol. The fourth-order valence-electron chi connectivity index (χ4n) is 2.31. The molecule has 1 aromatic carbocycles. The summed E-state index contributed by atoms with van der Waals surface area (Å²) >= 11 is 7.13. The lowest BCUT2D eigenvalue weighted by atomic mass is 10.2. The molecule has 1 aliphatic carbocycles. The second-order valence-electron chi connectivity index (χ2n) is 6.00. The van der Waals surface area contributed by atoms with Crippen LogP contribution in [0.25, 0.3) is 11.4 Å². The Morgan fingerprint density at radius 2 is 2.07 bits per heavy atom. The Kier molecular flexibility index (Phi) is 6.52. The van der Waals surface area contributed by atoms with E-state index < -0.39 is 5.97 Å². The van der Waals surface area contributed by atoms with Gasteiger partial charge in [0.1, 0.15) is 0 Å². The summed E-state index contributed by atoms with van der Waals surface area (Å²) in [7, 11) is 0. The summed E-state index contributed by atoms with van der Waals surface area (Å²) in [6.07, 6.45) is 3.71. The highest BCUT2D eigenvalue weighted by Crippen LogP contribution is 2.25. The number of rotatable bonds is 9. The molecule has 0 saturated heterocycles. The third-order valence-corrected chi connectivity index (χ3v) is 4.95. The molecule has 0 bridgehead atoms. The van der Waals surface area contributed by atoms with Crippen molar-refractivity contribution in [2.75, 3.05) is 12.4 Å². The van der Waals surface area contributed by atoms with Crippen LogP contribution in [-0.4, -0.2) is 45.0 Å². The zero-order chi connectivity index (χ0) is 19.2. The normalized spacial score (nSPS) is 13.2. The number of nitrogens with one attached hydrogen (secondary N) is 1. The molecule has 1 heterocycles. The summed E-state index contributed by atoms with van der Waals surface area (Å²) in [5.41, 5.74) is 0.861.